The van der Waals surface area contributed by atoms with Gasteiger partial charge in [-0.05, 0) is 41.3 Å². The van der Waals surface area contributed by atoms with Crippen LogP contribution in [0.4, 0.5) is 11.4 Å². The van der Waals surface area contributed by atoms with Gasteiger partial charge >= 0.3 is 0 Å². The molecule has 0 saturated heterocycles. The Morgan fingerprint density at radius 1 is 1.10 bits per heavy atom. The van der Waals surface area contributed by atoms with Gasteiger partial charge in [-0.2, -0.15) is 0 Å². The molecule has 0 saturated carbocycles. The van der Waals surface area contributed by atoms with E-state index in [0.29, 0.717) is 11.3 Å². The minimum atomic E-state index is -0.205. The van der Waals surface area contributed by atoms with Crippen molar-refractivity contribution in [3.8, 4) is 0 Å². The number of amides is 1. The van der Waals surface area contributed by atoms with Crippen molar-refractivity contribution in [3.05, 3.63) is 58.1 Å². The number of nitrogen functional groups attached to an aromatic ring is 1. The summed E-state index contributed by atoms with van der Waals surface area (Å²) in [5, 5.41) is 2.86. The largest absolute Gasteiger partial charge is 0.398 e. The van der Waals surface area contributed by atoms with Gasteiger partial charge < -0.3 is 11.1 Å². The van der Waals surface area contributed by atoms with Crippen molar-refractivity contribution in [1.29, 1.82) is 0 Å². The van der Waals surface area contributed by atoms with Crippen molar-refractivity contribution in [3.63, 3.8) is 0 Å². The molecule has 2 aromatic rings. The molecule has 0 heterocycles. The lowest BCUT2D eigenvalue weighted by atomic mass is 9.87. The molecule has 3 nitrogen and oxygen atoms in total. The van der Waals surface area contributed by atoms with Gasteiger partial charge in [-0.25, -0.2) is 0 Å². The van der Waals surface area contributed by atoms with Crippen LogP contribution in [-0.4, -0.2) is 5.91 Å². The van der Waals surface area contributed by atoms with Gasteiger partial charge in [0.05, 0.1) is 5.56 Å². The summed E-state index contributed by atoms with van der Waals surface area (Å²) in [7, 11) is 0. The normalized spacial score (nSPS) is 11.2. The molecule has 0 aliphatic heterocycles. The second-order valence-corrected chi connectivity index (χ2v) is 6.93. The molecule has 0 atom stereocenters. The monoisotopic (exact) mass is 346 g/mol. The third-order valence-corrected chi connectivity index (χ3v) is 3.76. The maximum atomic E-state index is 12.2. The Morgan fingerprint density at radius 3 is 2.24 bits per heavy atom. The van der Waals surface area contributed by atoms with Crippen molar-refractivity contribution >= 4 is 33.2 Å². The topological polar surface area (TPSA) is 55.1 Å². The highest BCUT2D eigenvalue weighted by Crippen LogP contribution is 2.24. The first kappa shape index (κ1) is 15.6. The summed E-state index contributed by atoms with van der Waals surface area (Å²) in [6.07, 6.45) is 0. The average molecular weight is 347 g/mol. The lowest BCUT2D eigenvalue weighted by molar-refractivity contribution is 0.102. The van der Waals surface area contributed by atoms with Crippen LogP contribution in [0.25, 0.3) is 0 Å². The number of benzene rings is 2. The average Bonchev–Trinajstić information content (AvgIpc) is 2.38. The summed E-state index contributed by atoms with van der Waals surface area (Å²) in [5.74, 6) is -0.205. The molecule has 0 radical (unpaired) electrons. The summed E-state index contributed by atoms with van der Waals surface area (Å²) in [5.41, 5.74) is 8.87. The zero-order chi connectivity index (χ0) is 15.6. The fraction of sp³-hybridized carbons (Fsp3) is 0.235. The molecular weight excluding hydrogens is 328 g/mol. The van der Waals surface area contributed by atoms with Gasteiger partial charge in [0.25, 0.3) is 5.91 Å². The maximum absolute atomic E-state index is 12.2. The van der Waals surface area contributed by atoms with Gasteiger partial charge in [0.1, 0.15) is 0 Å². The third kappa shape index (κ3) is 3.85. The fourth-order valence-corrected chi connectivity index (χ4v) is 2.37. The third-order valence-electron chi connectivity index (χ3n) is 3.27. The number of carbonyl (C=O) groups excluding carboxylic acids is 1. The Balaban J connectivity index is 2.16. The van der Waals surface area contributed by atoms with Crippen LogP contribution in [0.5, 0.6) is 0 Å². The zero-order valence-corrected chi connectivity index (χ0v) is 14.0. The first-order valence-electron chi connectivity index (χ1n) is 6.74. The highest BCUT2D eigenvalue weighted by atomic mass is 79.9. The lowest BCUT2D eigenvalue weighted by Gasteiger charge is -2.19. The first-order chi connectivity index (χ1) is 9.77. The SMILES string of the molecule is CC(C)(C)c1ccc(NC(=O)c2ccc(Br)cc2N)cc1. The van der Waals surface area contributed by atoms with Gasteiger partial charge in [-0.1, -0.05) is 48.8 Å². The number of hydrogen-bond acceptors (Lipinski definition) is 2. The first-order valence-corrected chi connectivity index (χ1v) is 7.53. The molecule has 0 fully saturated rings. The van der Waals surface area contributed by atoms with E-state index in [1.165, 1.54) is 5.56 Å². The van der Waals surface area contributed by atoms with E-state index in [4.69, 9.17) is 5.73 Å². The minimum Gasteiger partial charge on any atom is -0.398 e. The maximum Gasteiger partial charge on any atom is 0.257 e. The summed E-state index contributed by atoms with van der Waals surface area (Å²) in [6.45, 7) is 6.47. The van der Waals surface area contributed by atoms with Gasteiger partial charge in [0, 0.05) is 15.8 Å². The second kappa shape index (κ2) is 5.90. The van der Waals surface area contributed by atoms with Gasteiger partial charge in [0.15, 0.2) is 0 Å². The number of nitrogens with two attached hydrogens (primary N) is 1. The number of nitrogens with one attached hydrogen (secondary N) is 1. The quantitative estimate of drug-likeness (QED) is 0.781. The van der Waals surface area contributed by atoms with E-state index in [1.54, 1.807) is 18.2 Å². The summed E-state index contributed by atoms with van der Waals surface area (Å²) in [6, 6.07) is 13.1. The van der Waals surface area contributed by atoms with Crippen molar-refractivity contribution in [2.45, 2.75) is 26.2 Å². The van der Waals surface area contributed by atoms with Gasteiger partial charge in [0.2, 0.25) is 0 Å². The molecule has 2 rings (SSSR count). The van der Waals surface area contributed by atoms with Crippen LogP contribution >= 0.6 is 15.9 Å². The van der Waals surface area contributed by atoms with Gasteiger partial charge in [-0.3, -0.25) is 4.79 Å². The standard InChI is InChI=1S/C17H19BrN2O/c1-17(2,3)11-4-7-13(8-5-11)20-16(21)14-9-6-12(18)10-15(14)19/h4-10H,19H2,1-3H3,(H,20,21). The fourth-order valence-electron chi connectivity index (χ4n) is 1.99. The molecule has 110 valence electrons. The Bertz CT molecular complexity index is 657. The number of anilines is 2. The molecule has 0 spiro atoms. The molecule has 4 heteroatoms. The van der Waals surface area contributed by atoms with Crippen LogP contribution in [0.3, 0.4) is 0 Å². The summed E-state index contributed by atoms with van der Waals surface area (Å²) < 4.78 is 0.853. The van der Waals surface area contributed by atoms with Crippen LogP contribution in [0.2, 0.25) is 0 Å². The molecule has 0 aromatic heterocycles. The minimum absolute atomic E-state index is 0.0959. The predicted octanol–water partition coefficient (Wildman–Crippen LogP) is 4.58. The molecule has 3 N–H and O–H groups in total. The smallest absolute Gasteiger partial charge is 0.257 e. The van der Waals surface area contributed by atoms with E-state index in [-0.39, 0.29) is 11.3 Å². The van der Waals surface area contributed by atoms with E-state index in [2.05, 4.69) is 42.0 Å². The molecule has 2 aromatic carbocycles. The number of rotatable bonds is 2. The molecule has 0 aliphatic rings. The number of hydrogen-bond donors (Lipinski definition) is 2. The summed E-state index contributed by atoms with van der Waals surface area (Å²) >= 11 is 3.33. The van der Waals surface area contributed by atoms with Crippen LogP contribution in [-0.2, 0) is 5.41 Å². The highest BCUT2D eigenvalue weighted by molar-refractivity contribution is 9.10. The molecule has 21 heavy (non-hydrogen) atoms. The van der Waals surface area contributed by atoms with Crippen LogP contribution in [0.15, 0.2) is 46.9 Å². The Hall–Kier alpha value is -1.81. The Kier molecular flexibility index (Phi) is 4.37. The van der Waals surface area contributed by atoms with Crippen molar-refractivity contribution in [2.24, 2.45) is 0 Å². The highest BCUT2D eigenvalue weighted by Gasteiger charge is 2.14. The molecule has 0 bridgehead atoms. The number of carbonyl (C=O) groups is 1. The van der Waals surface area contributed by atoms with E-state index in [9.17, 15) is 4.79 Å². The van der Waals surface area contributed by atoms with Crippen LogP contribution < -0.4 is 11.1 Å². The lowest BCUT2D eigenvalue weighted by Crippen LogP contribution is -2.15. The van der Waals surface area contributed by atoms with E-state index >= 15 is 0 Å². The zero-order valence-electron chi connectivity index (χ0n) is 12.4. The van der Waals surface area contributed by atoms with E-state index in [1.807, 2.05) is 24.3 Å². The van der Waals surface area contributed by atoms with E-state index < -0.39 is 0 Å². The molecule has 0 aliphatic carbocycles. The van der Waals surface area contributed by atoms with Crippen molar-refractivity contribution < 1.29 is 4.79 Å². The number of halogens is 1. The molecule has 0 unspecified atom stereocenters. The van der Waals surface area contributed by atoms with Crippen molar-refractivity contribution in [1.82, 2.24) is 0 Å². The summed E-state index contributed by atoms with van der Waals surface area (Å²) in [4.78, 5) is 12.2. The van der Waals surface area contributed by atoms with Gasteiger partial charge in [-0.15, -0.1) is 0 Å². The van der Waals surface area contributed by atoms with Crippen LogP contribution in [0.1, 0.15) is 36.7 Å². The molecule has 1 amide bonds. The van der Waals surface area contributed by atoms with Crippen molar-refractivity contribution in [2.75, 3.05) is 11.1 Å². The van der Waals surface area contributed by atoms with Crippen LogP contribution in [0, 0.1) is 0 Å². The Labute approximate surface area is 133 Å². The Morgan fingerprint density at radius 2 is 1.71 bits per heavy atom. The predicted molar refractivity (Wildman–Crippen MR) is 91.6 cm³/mol. The molecular formula is C17H19BrN2O. The van der Waals surface area contributed by atoms with E-state index in [0.717, 1.165) is 10.2 Å². The second-order valence-electron chi connectivity index (χ2n) is 6.01.